The molecule has 5 heteroatoms. The minimum Gasteiger partial charge on any atom is -0.327 e. The van der Waals surface area contributed by atoms with Crippen LogP contribution >= 0.6 is 0 Å². The van der Waals surface area contributed by atoms with Crippen LogP contribution in [0.15, 0.2) is 24.5 Å². The van der Waals surface area contributed by atoms with Crippen LogP contribution in [0.4, 0.5) is 4.79 Å². The van der Waals surface area contributed by atoms with E-state index >= 15 is 0 Å². The van der Waals surface area contributed by atoms with Crippen LogP contribution in [0, 0.1) is 5.92 Å². The van der Waals surface area contributed by atoms with Crippen molar-refractivity contribution in [3.05, 3.63) is 30.1 Å². The minimum absolute atomic E-state index is 0.0579. The molecule has 2 rings (SSSR count). The van der Waals surface area contributed by atoms with Crippen molar-refractivity contribution < 1.29 is 9.59 Å². The van der Waals surface area contributed by atoms with Gasteiger partial charge in [-0.3, -0.25) is 15.1 Å². The van der Waals surface area contributed by atoms with E-state index in [9.17, 15) is 9.59 Å². The van der Waals surface area contributed by atoms with Crippen LogP contribution in [0.3, 0.4) is 0 Å². The molecule has 1 aliphatic rings. The number of rotatable bonds is 4. The number of urea groups is 1. The molecule has 0 aromatic carbocycles. The van der Waals surface area contributed by atoms with Gasteiger partial charge >= 0.3 is 6.03 Å². The van der Waals surface area contributed by atoms with Crippen LogP contribution in [0.2, 0.25) is 0 Å². The topological polar surface area (TPSA) is 62.3 Å². The van der Waals surface area contributed by atoms with E-state index < -0.39 is 0 Å². The van der Waals surface area contributed by atoms with Crippen molar-refractivity contribution in [1.29, 1.82) is 0 Å². The smallest absolute Gasteiger partial charge is 0.323 e. The van der Waals surface area contributed by atoms with Crippen LogP contribution in [0.1, 0.15) is 18.4 Å². The molecule has 1 aromatic rings. The highest BCUT2D eigenvalue weighted by Crippen LogP contribution is 2.28. The Morgan fingerprint density at radius 1 is 1.39 bits per heavy atom. The lowest BCUT2D eigenvalue weighted by atomic mass is 10.2. The molecule has 18 heavy (non-hydrogen) atoms. The zero-order chi connectivity index (χ0) is 13.0. The van der Waals surface area contributed by atoms with Crippen molar-refractivity contribution in [2.24, 2.45) is 5.92 Å². The Bertz CT molecular complexity index is 429. The molecule has 1 heterocycles. The summed E-state index contributed by atoms with van der Waals surface area (Å²) in [5.41, 5.74) is 1.12. The number of likely N-dealkylation sites (N-methyl/N-ethyl adjacent to an activating group) is 1. The summed E-state index contributed by atoms with van der Waals surface area (Å²) in [6, 6.07) is 3.52. The fourth-order valence-corrected chi connectivity index (χ4v) is 1.60. The predicted molar refractivity (Wildman–Crippen MR) is 66.8 cm³/mol. The van der Waals surface area contributed by atoms with E-state index in [4.69, 9.17) is 0 Å². The Hall–Kier alpha value is -1.91. The molecule has 5 nitrogen and oxygen atoms in total. The van der Waals surface area contributed by atoms with E-state index in [2.05, 4.69) is 10.3 Å². The van der Waals surface area contributed by atoms with Gasteiger partial charge in [-0.2, -0.15) is 0 Å². The van der Waals surface area contributed by atoms with Gasteiger partial charge in [0.2, 0.25) is 5.91 Å². The number of aromatic nitrogens is 1. The molecule has 1 fully saturated rings. The normalized spacial score (nSPS) is 14.1. The highest BCUT2D eigenvalue weighted by Gasteiger charge is 2.31. The maximum atomic E-state index is 11.7. The number of pyridine rings is 1. The van der Waals surface area contributed by atoms with Gasteiger partial charge in [0.05, 0.1) is 0 Å². The summed E-state index contributed by atoms with van der Waals surface area (Å²) >= 11 is 0. The molecule has 1 saturated carbocycles. The number of nitrogens with zero attached hydrogens (tertiary/aromatic N) is 2. The molecule has 1 aromatic heterocycles. The van der Waals surface area contributed by atoms with Gasteiger partial charge in [0.25, 0.3) is 0 Å². The number of imide groups is 1. The van der Waals surface area contributed by atoms with E-state index in [0.717, 1.165) is 24.8 Å². The lowest BCUT2D eigenvalue weighted by molar-refractivity contribution is -0.121. The molecular formula is C13H17N3O2. The maximum Gasteiger partial charge on any atom is 0.323 e. The van der Waals surface area contributed by atoms with Crippen molar-refractivity contribution in [2.45, 2.75) is 19.3 Å². The van der Waals surface area contributed by atoms with Gasteiger partial charge in [-0.25, -0.2) is 4.79 Å². The lowest BCUT2D eigenvalue weighted by Gasteiger charge is -2.17. The Morgan fingerprint density at radius 3 is 2.67 bits per heavy atom. The van der Waals surface area contributed by atoms with Crippen LogP contribution in [0.5, 0.6) is 0 Å². The van der Waals surface area contributed by atoms with E-state index in [1.54, 1.807) is 19.4 Å². The average Bonchev–Trinajstić information content (AvgIpc) is 3.21. The first-order chi connectivity index (χ1) is 8.66. The highest BCUT2D eigenvalue weighted by atomic mass is 16.2. The third kappa shape index (κ3) is 3.55. The summed E-state index contributed by atoms with van der Waals surface area (Å²) in [6.07, 6.45) is 6.02. The summed E-state index contributed by atoms with van der Waals surface area (Å²) in [5.74, 6) is -0.0849. The molecule has 0 spiro atoms. The Balaban J connectivity index is 1.75. The SMILES string of the molecule is CN(CCc1ccncc1)C(=O)NC(=O)C1CC1. The molecule has 3 amide bonds. The molecule has 96 valence electrons. The monoisotopic (exact) mass is 247 g/mol. The van der Waals surface area contributed by atoms with Gasteiger partial charge in [-0.05, 0) is 37.0 Å². The van der Waals surface area contributed by atoms with Crippen molar-refractivity contribution in [3.63, 3.8) is 0 Å². The first-order valence-electron chi connectivity index (χ1n) is 6.11. The second kappa shape index (κ2) is 5.62. The fourth-order valence-electron chi connectivity index (χ4n) is 1.60. The minimum atomic E-state index is -0.319. The third-order valence-corrected chi connectivity index (χ3v) is 3.01. The number of nitrogens with one attached hydrogen (secondary N) is 1. The van der Waals surface area contributed by atoms with Gasteiger partial charge < -0.3 is 4.90 Å². The van der Waals surface area contributed by atoms with Crippen molar-refractivity contribution in [1.82, 2.24) is 15.2 Å². The van der Waals surface area contributed by atoms with Crippen LogP contribution in [0.25, 0.3) is 0 Å². The third-order valence-electron chi connectivity index (χ3n) is 3.01. The number of amides is 3. The average molecular weight is 247 g/mol. The molecule has 0 saturated heterocycles. The summed E-state index contributed by atoms with van der Waals surface area (Å²) in [4.78, 5) is 28.6. The molecule has 1 N–H and O–H groups in total. The Morgan fingerprint density at radius 2 is 2.06 bits per heavy atom. The molecular weight excluding hydrogens is 230 g/mol. The van der Waals surface area contributed by atoms with E-state index in [1.807, 2.05) is 12.1 Å². The summed E-state index contributed by atoms with van der Waals surface area (Å²) in [5, 5.41) is 2.41. The second-order valence-corrected chi connectivity index (χ2v) is 4.60. The standard InChI is InChI=1S/C13H17N3O2/c1-16(9-6-10-4-7-14-8-5-10)13(18)15-12(17)11-2-3-11/h4-5,7-8,11H,2-3,6,9H2,1H3,(H,15,17,18). The van der Waals surface area contributed by atoms with Gasteiger partial charge in [0, 0.05) is 31.9 Å². The van der Waals surface area contributed by atoms with Gasteiger partial charge in [-0.1, -0.05) is 0 Å². The van der Waals surface area contributed by atoms with Gasteiger partial charge in [0.15, 0.2) is 0 Å². The van der Waals surface area contributed by atoms with Crippen LogP contribution in [-0.2, 0) is 11.2 Å². The summed E-state index contributed by atoms with van der Waals surface area (Å²) in [6.45, 7) is 0.577. The fraction of sp³-hybridized carbons (Fsp3) is 0.462. The molecule has 0 atom stereocenters. The first kappa shape index (κ1) is 12.5. The van der Waals surface area contributed by atoms with E-state index in [0.29, 0.717) is 6.54 Å². The lowest BCUT2D eigenvalue weighted by Crippen LogP contribution is -2.42. The molecule has 0 unspecified atom stereocenters. The Labute approximate surface area is 106 Å². The second-order valence-electron chi connectivity index (χ2n) is 4.60. The van der Waals surface area contributed by atoms with Gasteiger partial charge in [-0.15, -0.1) is 0 Å². The number of hydrogen-bond acceptors (Lipinski definition) is 3. The van der Waals surface area contributed by atoms with Crippen LogP contribution in [-0.4, -0.2) is 35.4 Å². The first-order valence-corrected chi connectivity index (χ1v) is 6.11. The van der Waals surface area contributed by atoms with E-state index in [1.165, 1.54) is 4.90 Å². The highest BCUT2D eigenvalue weighted by molar-refractivity contribution is 5.96. The van der Waals surface area contributed by atoms with Crippen molar-refractivity contribution in [3.8, 4) is 0 Å². The largest absolute Gasteiger partial charge is 0.327 e. The molecule has 0 radical (unpaired) electrons. The summed E-state index contributed by atoms with van der Waals surface area (Å²) < 4.78 is 0. The quantitative estimate of drug-likeness (QED) is 0.869. The maximum absolute atomic E-state index is 11.7. The summed E-state index contributed by atoms with van der Waals surface area (Å²) in [7, 11) is 1.69. The van der Waals surface area contributed by atoms with Crippen molar-refractivity contribution in [2.75, 3.05) is 13.6 Å². The number of carbonyl (C=O) groups is 2. The number of carbonyl (C=O) groups excluding carboxylic acids is 2. The van der Waals surface area contributed by atoms with Gasteiger partial charge in [0.1, 0.15) is 0 Å². The zero-order valence-corrected chi connectivity index (χ0v) is 10.4. The number of hydrogen-bond donors (Lipinski definition) is 1. The molecule has 0 aliphatic heterocycles. The molecule has 1 aliphatic carbocycles. The van der Waals surface area contributed by atoms with E-state index in [-0.39, 0.29) is 17.9 Å². The predicted octanol–water partition coefficient (Wildman–Crippen LogP) is 1.20. The van der Waals surface area contributed by atoms with Crippen LogP contribution < -0.4 is 5.32 Å². The zero-order valence-electron chi connectivity index (χ0n) is 10.4. The Kier molecular flexibility index (Phi) is 3.92. The van der Waals surface area contributed by atoms with Crippen molar-refractivity contribution >= 4 is 11.9 Å². The molecule has 0 bridgehead atoms.